The molecule has 0 saturated heterocycles. The van der Waals surface area contributed by atoms with Crippen molar-refractivity contribution in [2.24, 2.45) is 0 Å². The molecule has 1 aromatic rings. The lowest BCUT2D eigenvalue weighted by Gasteiger charge is -2.27. The molecule has 1 aromatic carbocycles. The molecule has 1 fully saturated rings. The maximum Gasteiger partial charge on any atom is 0.411 e. The third-order valence-corrected chi connectivity index (χ3v) is 3.32. The van der Waals surface area contributed by atoms with E-state index in [2.05, 4.69) is 5.32 Å². The number of anilines is 2. The second-order valence-corrected chi connectivity index (χ2v) is 4.80. The van der Waals surface area contributed by atoms with Crippen LogP contribution in [0.3, 0.4) is 0 Å². The summed E-state index contributed by atoms with van der Waals surface area (Å²) in [7, 11) is 1.69. The van der Waals surface area contributed by atoms with Crippen molar-refractivity contribution >= 4 is 17.5 Å². The number of nitrogens with one attached hydrogen (secondary N) is 1. The molecule has 2 atom stereocenters. The minimum absolute atomic E-state index is 0.0697. The fraction of sp³-hybridized carbons (Fsp3) is 0.500. The van der Waals surface area contributed by atoms with Gasteiger partial charge in [0.25, 0.3) is 0 Å². The molecule has 0 spiro atoms. The molecule has 5 nitrogen and oxygen atoms in total. The summed E-state index contributed by atoms with van der Waals surface area (Å²) in [5, 5.41) is 2.68. The largest absolute Gasteiger partial charge is 0.446 e. The normalized spacial score (nSPS) is 22.8. The van der Waals surface area contributed by atoms with E-state index in [4.69, 9.17) is 15.2 Å². The zero-order chi connectivity index (χ0) is 13.7. The van der Waals surface area contributed by atoms with Gasteiger partial charge in [-0.1, -0.05) is 6.07 Å². The number of rotatable bonds is 3. The summed E-state index contributed by atoms with van der Waals surface area (Å²) in [5.74, 6) is 0. The predicted octanol–water partition coefficient (Wildman–Crippen LogP) is 2.77. The Morgan fingerprint density at radius 2 is 2.16 bits per heavy atom. The van der Waals surface area contributed by atoms with Crippen molar-refractivity contribution in [3.05, 3.63) is 24.3 Å². The van der Waals surface area contributed by atoms with Crippen LogP contribution in [0.15, 0.2) is 24.3 Å². The van der Waals surface area contributed by atoms with E-state index in [1.54, 1.807) is 31.4 Å². The zero-order valence-corrected chi connectivity index (χ0v) is 11.1. The van der Waals surface area contributed by atoms with Crippen molar-refractivity contribution < 1.29 is 14.3 Å². The first-order chi connectivity index (χ1) is 9.17. The van der Waals surface area contributed by atoms with Crippen LogP contribution in [0.25, 0.3) is 0 Å². The average Bonchev–Trinajstić information content (AvgIpc) is 2.38. The van der Waals surface area contributed by atoms with Crippen LogP contribution in [0.1, 0.15) is 25.7 Å². The van der Waals surface area contributed by atoms with Crippen LogP contribution >= 0.6 is 0 Å². The molecule has 0 aliphatic heterocycles. The highest BCUT2D eigenvalue weighted by molar-refractivity contribution is 5.85. The van der Waals surface area contributed by atoms with E-state index in [9.17, 15) is 4.79 Å². The smallest absolute Gasteiger partial charge is 0.411 e. The molecule has 5 heteroatoms. The lowest BCUT2D eigenvalue weighted by atomic mass is 9.95. The van der Waals surface area contributed by atoms with E-state index in [0.29, 0.717) is 11.4 Å². The quantitative estimate of drug-likeness (QED) is 0.823. The van der Waals surface area contributed by atoms with Crippen LogP contribution in [0.5, 0.6) is 0 Å². The lowest BCUT2D eigenvalue weighted by molar-refractivity contribution is 0.00480. The van der Waals surface area contributed by atoms with Gasteiger partial charge in [0.05, 0.1) is 6.10 Å². The SMILES string of the molecule is COC1CCCC(OC(=O)Nc2cccc(N)c2)C1. The third kappa shape index (κ3) is 4.13. The topological polar surface area (TPSA) is 73.6 Å². The Kier molecular flexibility index (Phi) is 4.63. The van der Waals surface area contributed by atoms with Gasteiger partial charge in [0.2, 0.25) is 0 Å². The minimum Gasteiger partial charge on any atom is -0.446 e. The molecule has 0 radical (unpaired) electrons. The molecule has 0 bridgehead atoms. The number of carbonyl (C=O) groups excluding carboxylic acids is 1. The Morgan fingerprint density at radius 1 is 1.37 bits per heavy atom. The monoisotopic (exact) mass is 264 g/mol. The molecule has 1 aliphatic carbocycles. The summed E-state index contributed by atoms with van der Waals surface area (Å²) in [6, 6.07) is 7.02. The third-order valence-electron chi connectivity index (χ3n) is 3.32. The van der Waals surface area contributed by atoms with Crippen LogP contribution in [-0.4, -0.2) is 25.4 Å². The number of methoxy groups -OCH3 is 1. The molecule has 1 amide bonds. The molecule has 2 unspecified atom stereocenters. The van der Waals surface area contributed by atoms with E-state index in [1.165, 1.54) is 0 Å². The summed E-state index contributed by atoms with van der Waals surface area (Å²) in [6.07, 6.45) is 3.40. The Hall–Kier alpha value is -1.75. The van der Waals surface area contributed by atoms with Crippen LogP contribution < -0.4 is 11.1 Å². The van der Waals surface area contributed by atoms with Crippen LogP contribution in [-0.2, 0) is 9.47 Å². The number of amides is 1. The highest BCUT2D eigenvalue weighted by Gasteiger charge is 2.24. The lowest BCUT2D eigenvalue weighted by Crippen LogP contribution is -2.30. The maximum absolute atomic E-state index is 11.8. The summed E-state index contributed by atoms with van der Waals surface area (Å²) < 4.78 is 10.7. The molecule has 0 aromatic heterocycles. The van der Waals surface area contributed by atoms with Gasteiger partial charge in [-0.2, -0.15) is 0 Å². The van der Waals surface area contributed by atoms with Crippen molar-refractivity contribution in [2.45, 2.75) is 37.9 Å². The summed E-state index contributed by atoms with van der Waals surface area (Å²) in [6.45, 7) is 0. The van der Waals surface area contributed by atoms with Gasteiger partial charge in [0.1, 0.15) is 6.10 Å². The first kappa shape index (κ1) is 13.7. The molecule has 3 N–H and O–H groups in total. The van der Waals surface area contributed by atoms with Crippen LogP contribution in [0.4, 0.5) is 16.2 Å². The predicted molar refractivity (Wildman–Crippen MR) is 74.0 cm³/mol. The molecular formula is C14H20N2O3. The number of hydrogen-bond acceptors (Lipinski definition) is 4. The molecule has 1 saturated carbocycles. The van der Waals surface area contributed by atoms with Gasteiger partial charge in [-0.15, -0.1) is 0 Å². The fourth-order valence-electron chi connectivity index (χ4n) is 2.34. The van der Waals surface area contributed by atoms with E-state index in [0.717, 1.165) is 25.7 Å². The van der Waals surface area contributed by atoms with E-state index >= 15 is 0 Å². The first-order valence-corrected chi connectivity index (χ1v) is 6.53. The van der Waals surface area contributed by atoms with Gasteiger partial charge in [0.15, 0.2) is 0 Å². The standard InChI is InChI=1S/C14H20N2O3/c1-18-12-6-3-7-13(9-12)19-14(17)16-11-5-2-4-10(15)8-11/h2,4-5,8,12-13H,3,6-7,9,15H2,1H3,(H,16,17). The van der Waals surface area contributed by atoms with E-state index < -0.39 is 6.09 Å². The average molecular weight is 264 g/mol. The van der Waals surface area contributed by atoms with Crippen molar-refractivity contribution in [1.82, 2.24) is 0 Å². The Bertz CT molecular complexity index is 436. The maximum atomic E-state index is 11.8. The molecule has 0 heterocycles. The van der Waals surface area contributed by atoms with E-state index in [-0.39, 0.29) is 12.2 Å². The Balaban J connectivity index is 1.84. The molecular weight excluding hydrogens is 244 g/mol. The molecule has 1 aliphatic rings. The van der Waals surface area contributed by atoms with Crippen molar-refractivity contribution in [1.29, 1.82) is 0 Å². The van der Waals surface area contributed by atoms with Crippen molar-refractivity contribution in [3.63, 3.8) is 0 Å². The highest BCUT2D eigenvalue weighted by Crippen LogP contribution is 2.23. The highest BCUT2D eigenvalue weighted by atomic mass is 16.6. The van der Waals surface area contributed by atoms with E-state index in [1.807, 2.05) is 0 Å². The van der Waals surface area contributed by atoms with Crippen molar-refractivity contribution in [3.8, 4) is 0 Å². The second-order valence-electron chi connectivity index (χ2n) is 4.80. The zero-order valence-electron chi connectivity index (χ0n) is 11.1. The molecule has 19 heavy (non-hydrogen) atoms. The molecule has 2 rings (SSSR count). The minimum atomic E-state index is -0.438. The Labute approximate surface area is 113 Å². The first-order valence-electron chi connectivity index (χ1n) is 6.53. The van der Waals surface area contributed by atoms with Gasteiger partial charge in [-0.05, 0) is 37.5 Å². The second kappa shape index (κ2) is 6.43. The summed E-state index contributed by atoms with van der Waals surface area (Å²) in [4.78, 5) is 11.8. The summed E-state index contributed by atoms with van der Waals surface area (Å²) >= 11 is 0. The van der Waals surface area contributed by atoms with Crippen LogP contribution in [0, 0.1) is 0 Å². The number of carbonyl (C=O) groups is 1. The van der Waals surface area contributed by atoms with Gasteiger partial charge in [-0.3, -0.25) is 5.32 Å². The number of nitrogens with two attached hydrogens (primary N) is 1. The number of nitrogen functional groups attached to an aromatic ring is 1. The van der Waals surface area contributed by atoms with Gasteiger partial charge < -0.3 is 15.2 Å². The Morgan fingerprint density at radius 3 is 2.89 bits per heavy atom. The van der Waals surface area contributed by atoms with Gasteiger partial charge >= 0.3 is 6.09 Å². The molecule has 104 valence electrons. The number of ether oxygens (including phenoxy) is 2. The summed E-state index contributed by atoms with van der Waals surface area (Å²) in [5.41, 5.74) is 6.90. The van der Waals surface area contributed by atoms with Gasteiger partial charge in [-0.25, -0.2) is 4.79 Å². The fourth-order valence-corrected chi connectivity index (χ4v) is 2.34. The number of benzene rings is 1. The van der Waals surface area contributed by atoms with Crippen LogP contribution in [0.2, 0.25) is 0 Å². The van der Waals surface area contributed by atoms with Crippen molar-refractivity contribution in [2.75, 3.05) is 18.2 Å². The number of hydrogen-bond donors (Lipinski definition) is 2. The van der Waals surface area contributed by atoms with Gasteiger partial charge in [0, 0.05) is 24.9 Å².